The monoisotopic (exact) mass is 987 g/mol. The zero-order valence-electron chi connectivity index (χ0n) is 40.9. The van der Waals surface area contributed by atoms with Crippen molar-refractivity contribution >= 4 is 69.1 Å². The number of aromatic nitrogens is 2. The molecule has 3 N–H and O–H groups in total. The predicted octanol–water partition coefficient (Wildman–Crippen LogP) is 9.42. The van der Waals surface area contributed by atoms with E-state index in [0.29, 0.717) is 47.0 Å². The number of methoxy groups -OCH3 is 1. The van der Waals surface area contributed by atoms with Crippen molar-refractivity contribution < 1.29 is 23.9 Å². The van der Waals surface area contributed by atoms with E-state index < -0.39 is 6.03 Å². The largest absolute Gasteiger partial charge is 0.496 e. The smallest absolute Gasteiger partial charge is 0.328 e. The highest BCUT2D eigenvalue weighted by atomic mass is 35.5. The van der Waals surface area contributed by atoms with Gasteiger partial charge in [-0.2, -0.15) is 0 Å². The maximum atomic E-state index is 13.9. The predicted molar refractivity (Wildman–Crippen MR) is 278 cm³/mol. The van der Waals surface area contributed by atoms with Gasteiger partial charge in [-0.1, -0.05) is 35.9 Å². The Hall–Kier alpha value is -5.61. The van der Waals surface area contributed by atoms with Crippen LogP contribution in [-0.4, -0.2) is 115 Å². The van der Waals surface area contributed by atoms with Crippen molar-refractivity contribution in [2.45, 2.75) is 90.1 Å². The summed E-state index contributed by atoms with van der Waals surface area (Å²) in [5.41, 5.74) is 6.69. The van der Waals surface area contributed by atoms with E-state index in [1.807, 2.05) is 18.9 Å². The number of nitrogens with zero attached hydrogens (tertiary/aromatic N) is 6. The topological polar surface area (TPSA) is 152 Å². The molecule has 5 amide bonds. The van der Waals surface area contributed by atoms with Gasteiger partial charge in [0.1, 0.15) is 17.4 Å². The fourth-order valence-electron chi connectivity index (χ4n) is 11.0. The van der Waals surface area contributed by atoms with Crippen LogP contribution in [0.15, 0.2) is 66.0 Å². The molecule has 4 fully saturated rings. The van der Waals surface area contributed by atoms with Gasteiger partial charge < -0.3 is 25.2 Å². The fourth-order valence-corrected chi connectivity index (χ4v) is 12.1. The molecule has 1 aliphatic carbocycles. The third kappa shape index (κ3) is 11.1. The molecule has 0 bridgehead atoms. The number of nitrogens with one attached hydrogen (secondary N) is 3. The van der Waals surface area contributed by atoms with Gasteiger partial charge in [-0.25, -0.2) is 14.8 Å². The Morgan fingerprint density at radius 2 is 1.69 bits per heavy atom. The Morgan fingerprint density at radius 1 is 0.914 bits per heavy atom. The zero-order valence-corrected chi connectivity index (χ0v) is 42.5. The van der Waals surface area contributed by atoms with Gasteiger partial charge in [-0.3, -0.25) is 29.5 Å². The van der Waals surface area contributed by atoms with Gasteiger partial charge in [0.05, 0.1) is 29.4 Å². The highest BCUT2D eigenvalue weighted by Gasteiger charge is 2.34. The number of carbonyl (C=O) groups is 4. The Morgan fingerprint density at radius 3 is 2.43 bits per heavy atom. The lowest BCUT2D eigenvalue weighted by Crippen LogP contribution is -2.50. The number of benzene rings is 3. The summed E-state index contributed by atoms with van der Waals surface area (Å²) in [5.74, 6) is 3.17. The molecule has 0 spiro atoms. The summed E-state index contributed by atoms with van der Waals surface area (Å²) in [4.78, 5) is 70.5. The first-order valence-electron chi connectivity index (χ1n) is 25.1. The number of urea groups is 1. The molecule has 2 aromatic heterocycles. The van der Waals surface area contributed by atoms with E-state index in [-0.39, 0.29) is 42.7 Å². The quantitative estimate of drug-likeness (QED) is 0.0926. The van der Waals surface area contributed by atoms with Crippen molar-refractivity contribution in [3.05, 3.63) is 98.5 Å². The van der Waals surface area contributed by atoms with Gasteiger partial charge in [-0.05, 0) is 149 Å². The van der Waals surface area contributed by atoms with Gasteiger partial charge in [0.2, 0.25) is 11.8 Å². The van der Waals surface area contributed by atoms with Crippen LogP contribution in [0.5, 0.6) is 5.75 Å². The summed E-state index contributed by atoms with van der Waals surface area (Å²) in [6.45, 7) is 10.9. The van der Waals surface area contributed by atoms with E-state index in [2.05, 4.69) is 80.5 Å². The van der Waals surface area contributed by atoms with E-state index in [9.17, 15) is 19.2 Å². The minimum absolute atomic E-state index is 0.0319. The van der Waals surface area contributed by atoms with Gasteiger partial charge in [0.15, 0.2) is 0 Å². The molecule has 1 atom stereocenters. The molecule has 14 nitrogen and oxygen atoms in total. The Labute approximate surface area is 420 Å². The summed E-state index contributed by atoms with van der Waals surface area (Å²) in [5, 5.41) is 12.9. The number of piperazine rings is 1. The molecule has 5 heterocycles. The van der Waals surface area contributed by atoms with Gasteiger partial charge in [0, 0.05) is 86.6 Å². The molecule has 3 aliphatic heterocycles. The average Bonchev–Trinajstić information content (AvgIpc) is 3.87. The van der Waals surface area contributed by atoms with E-state index in [4.69, 9.17) is 26.3 Å². The summed E-state index contributed by atoms with van der Waals surface area (Å²) in [6, 6.07) is 19.7. The minimum Gasteiger partial charge on any atom is -0.496 e. The van der Waals surface area contributed by atoms with Gasteiger partial charge in [0.25, 0.3) is 5.91 Å². The zero-order chi connectivity index (χ0) is 48.9. The molecular weight excluding hydrogens is 922 g/mol. The molecule has 370 valence electrons. The minimum atomic E-state index is -0.528. The van der Waals surface area contributed by atoms with Crippen LogP contribution in [0.25, 0.3) is 22.0 Å². The van der Waals surface area contributed by atoms with Crippen LogP contribution >= 0.6 is 22.9 Å². The van der Waals surface area contributed by atoms with Crippen LogP contribution in [-0.2, 0) is 16.1 Å². The van der Waals surface area contributed by atoms with E-state index in [0.717, 1.165) is 119 Å². The maximum absolute atomic E-state index is 13.9. The van der Waals surface area contributed by atoms with Crippen LogP contribution in [0.1, 0.15) is 109 Å². The maximum Gasteiger partial charge on any atom is 0.328 e. The summed E-state index contributed by atoms with van der Waals surface area (Å²) < 4.78 is 6.01. The molecule has 3 aromatic carbocycles. The van der Waals surface area contributed by atoms with Crippen LogP contribution < -0.4 is 25.6 Å². The van der Waals surface area contributed by atoms with Crippen LogP contribution in [0, 0.1) is 18.8 Å². The number of hydrogen-bond donors (Lipinski definition) is 3. The number of likely N-dealkylation sites (tertiary alicyclic amines) is 1. The SMILES string of the molecule is CNCc1ccccc1-c1csc([C@@H](C)Nc2nc(C)nc3cc(OC)c(C4CCC(C(=O)N5CCN(CCCC6CCN(C(=O)c7ccc(Cl)c(N8CCC(=O)NC8=O)c7)CC6)CC5)CC4)cc23)c1. The second-order valence-corrected chi connectivity index (χ2v) is 20.9. The van der Waals surface area contributed by atoms with E-state index in [1.54, 1.807) is 36.6 Å². The first-order valence-corrected chi connectivity index (χ1v) is 26.4. The fraction of sp³-hybridized carbons (Fsp3) is 0.481. The number of thiophene rings is 1. The van der Waals surface area contributed by atoms with Crippen molar-refractivity contribution in [1.29, 1.82) is 0 Å². The number of aryl methyl sites for hydroxylation is 1. The number of fused-ring (bicyclic) bond motifs is 1. The molecule has 3 saturated heterocycles. The molecule has 70 heavy (non-hydrogen) atoms. The van der Waals surface area contributed by atoms with E-state index in [1.165, 1.54) is 26.5 Å². The first-order chi connectivity index (χ1) is 34.0. The number of piperidine rings is 1. The summed E-state index contributed by atoms with van der Waals surface area (Å²) in [7, 11) is 3.71. The third-order valence-corrected chi connectivity index (χ3v) is 16.4. The highest BCUT2D eigenvalue weighted by molar-refractivity contribution is 7.10. The van der Waals surface area contributed by atoms with Crippen molar-refractivity contribution in [3.63, 3.8) is 0 Å². The second-order valence-electron chi connectivity index (χ2n) is 19.5. The summed E-state index contributed by atoms with van der Waals surface area (Å²) in [6.07, 6.45) is 7.89. The lowest BCUT2D eigenvalue weighted by Gasteiger charge is -2.38. The number of carbonyl (C=O) groups excluding carboxylic acids is 4. The van der Waals surface area contributed by atoms with Crippen molar-refractivity contribution in [2.75, 3.05) is 76.7 Å². The number of rotatable bonds is 15. The molecule has 0 unspecified atom stereocenters. The summed E-state index contributed by atoms with van der Waals surface area (Å²) >= 11 is 8.18. The molecular formula is C54H66ClN9O5S. The second kappa shape index (κ2) is 22.2. The van der Waals surface area contributed by atoms with Gasteiger partial charge >= 0.3 is 6.03 Å². The Kier molecular flexibility index (Phi) is 15.7. The number of halogens is 1. The van der Waals surface area contributed by atoms with E-state index >= 15 is 0 Å². The molecule has 16 heteroatoms. The molecule has 5 aromatic rings. The van der Waals surface area contributed by atoms with Crippen molar-refractivity contribution in [1.82, 2.24) is 35.3 Å². The van der Waals surface area contributed by atoms with Gasteiger partial charge in [-0.15, -0.1) is 11.3 Å². The molecule has 4 aliphatic rings. The number of anilines is 2. The first kappa shape index (κ1) is 49.4. The lowest BCUT2D eigenvalue weighted by atomic mass is 9.77. The van der Waals surface area contributed by atoms with Crippen LogP contribution in [0.4, 0.5) is 16.3 Å². The number of hydrogen-bond acceptors (Lipinski definition) is 11. The lowest BCUT2D eigenvalue weighted by molar-refractivity contribution is -0.138. The standard InChI is InChI=1S/C54H66ClN9O5S/c1-34(49-29-41(33-70-49)42-10-6-5-9-40(42)32-56-3)57-51-44-30-43(48(69-4)31-46(44)58-35(2)59-51)37-11-13-38(14-12-37)52(66)63-26-24-61(25-27-63)20-7-8-36-17-21-62(22-18-36)53(67)39-15-16-45(55)47(28-39)64-23-19-50(65)60-54(64)68/h5-6,9-10,15-16,28-31,33-34,36-38,56H,7-8,11-14,17-27,32H2,1-4H3,(H,57,58,59)(H,60,65,68)/t34-,37?,38?/m1/s1. The van der Waals surface area contributed by atoms with Crippen LogP contribution in [0.3, 0.4) is 0 Å². The number of imide groups is 1. The normalized spacial score (nSPS) is 19.9. The number of ether oxygens (including phenoxy) is 1. The average molecular weight is 989 g/mol. The third-order valence-electron chi connectivity index (χ3n) is 15.0. The van der Waals surface area contributed by atoms with Crippen LogP contribution in [0.2, 0.25) is 5.02 Å². The Balaban J connectivity index is 0.728. The molecule has 1 saturated carbocycles. The molecule has 0 radical (unpaired) electrons. The Bertz CT molecular complexity index is 2710. The highest BCUT2D eigenvalue weighted by Crippen LogP contribution is 2.43. The van der Waals surface area contributed by atoms with Crippen molar-refractivity contribution in [2.24, 2.45) is 11.8 Å². The van der Waals surface area contributed by atoms with Crippen molar-refractivity contribution in [3.8, 4) is 16.9 Å². The molecule has 9 rings (SSSR count). The number of amides is 5.